The van der Waals surface area contributed by atoms with E-state index in [0.717, 1.165) is 23.6 Å². The molecule has 1 aliphatic rings. The molecule has 0 saturated heterocycles. The zero-order valence-corrected chi connectivity index (χ0v) is 14.9. The summed E-state index contributed by atoms with van der Waals surface area (Å²) in [6, 6.07) is 5.75. The quantitative estimate of drug-likeness (QED) is 0.545. The lowest BCUT2D eigenvalue weighted by atomic mass is 9.90. The highest BCUT2D eigenvalue weighted by atomic mass is 32.2. The van der Waals surface area contributed by atoms with Gasteiger partial charge in [0.1, 0.15) is 0 Å². The molecule has 7 heteroatoms. The maximum absolute atomic E-state index is 12.0. The zero-order valence-electron chi connectivity index (χ0n) is 13.2. The average molecular weight is 359 g/mol. The molecule has 0 saturated carbocycles. The van der Waals surface area contributed by atoms with Gasteiger partial charge in [0.2, 0.25) is 0 Å². The Kier molecular flexibility index (Phi) is 4.28. The second-order valence-electron chi connectivity index (χ2n) is 6.08. The molecule has 0 amide bonds. The summed E-state index contributed by atoms with van der Waals surface area (Å²) in [5.74, 6) is 1.59. The maximum Gasteiger partial charge on any atom is 0.277 e. The van der Waals surface area contributed by atoms with Crippen molar-refractivity contribution >= 4 is 28.9 Å². The smallest absolute Gasteiger partial charge is 0.277 e. The Bertz CT molecular complexity index is 851. The first-order chi connectivity index (χ1) is 11.7. The highest BCUT2D eigenvalue weighted by Crippen LogP contribution is 2.37. The van der Waals surface area contributed by atoms with Gasteiger partial charge in [-0.2, -0.15) is 0 Å². The number of hydrogen-bond donors (Lipinski definition) is 1. The van der Waals surface area contributed by atoms with E-state index in [0.29, 0.717) is 16.8 Å². The molecule has 0 fully saturated rings. The Morgan fingerprint density at radius 1 is 1.50 bits per heavy atom. The van der Waals surface area contributed by atoms with Crippen LogP contribution in [0.25, 0.3) is 10.8 Å². The van der Waals surface area contributed by atoms with Crippen LogP contribution in [0.3, 0.4) is 0 Å². The van der Waals surface area contributed by atoms with Crippen LogP contribution < -0.4 is 0 Å². The summed E-state index contributed by atoms with van der Waals surface area (Å²) < 4.78 is 5.73. The van der Waals surface area contributed by atoms with Crippen LogP contribution in [0.15, 0.2) is 34.0 Å². The zero-order chi connectivity index (χ0) is 16.5. The fourth-order valence-corrected chi connectivity index (χ4v) is 4.66. The first-order valence-electron chi connectivity index (χ1n) is 7.94. The predicted octanol–water partition coefficient (Wildman–Crippen LogP) is 4.23. The van der Waals surface area contributed by atoms with Crippen molar-refractivity contribution in [2.75, 3.05) is 5.75 Å². The normalized spacial score (nSPS) is 17.0. The van der Waals surface area contributed by atoms with E-state index >= 15 is 0 Å². The molecule has 3 heterocycles. The number of Topliss-reactive ketones (excluding diaryl/α,β-unsaturated/α-hetero) is 1. The largest absolute Gasteiger partial charge is 0.410 e. The van der Waals surface area contributed by atoms with Gasteiger partial charge in [-0.3, -0.25) is 4.79 Å². The number of aryl methyl sites for hydroxylation is 1. The number of hydrogen-bond acceptors (Lipinski definition) is 6. The van der Waals surface area contributed by atoms with Crippen LogP contribution in [0.4, 0.5) is 0 Å². The third-order valence-corrected chi connectivity index (χ3v) is 6.22. The van der Waals surface area contributed by atoms with Gasteiger partial charge >= 0.3 is 0 Å². The molecule has 0 spiro atoms. The molecule has 0 radical (unpaired) electrons. The number of aromatic amines is 1. The minimum Gasteiger partial charge on any atom is -0.410 e. The molecule has 1 N–H and O–H groups in total. The van der Waals surface area contributed by atoms with Crippen LogP contribution in [0.2, 0.25) is 0 Å². The number of ketones is 1. The molecular formula is C17H17N3O2S2. The molecular weight excluding hydrogens is 342 g/mol. The number of thioether (sulfide) groups is 1. The monoisotopic (exact) mass is 359 g/mol. The van der Waals surface area contributed by atoms with E-state index in [2.05, 4.69) is 28.2 Å². The summed E-state index contributed by atoms with van der Waals surface area (Å²) in [5, 5.41) is 8.64. The number of thiophene rings is 1. The Labute approximate surface area is 147 Å². The first-order valence-corrected chi connectivity index (χ1v) is 9.74. The molecule has 124 valence electrons. The molecule has 0 unspecified atom stereocenters. The van der Waals surface area contributed by atoms with Gasteiger partial charge in [-0.05, 0) is 48.9 Å². The van der Waals surface area contributed by atoms with Gasteiger partial charge in [-0.15, -0.1) is 21.5 Å². The molecule has 3 aromatic rings. The van der Waals surface area contributed by atoms with Gasteiger partial charge in [-0.1, -0.05) is 18.7 Å². The minimum absolute atomic E-state index is 0.0188. The second-order valence-corrected chi connectivity index (χ2v) is 8.14. The van der Waals surface area contributed by atoms with Crippen molar-refractivity contribution < 1.29 is 9.21 Å². The summed E-state index contributed by atoms with van der Waals surface area (Å²) in [6.45, 7) is 2.29. The van der Waals surface area contributed by atoms with Crippen LogP contribution in [0.5, 0.6) is 0 Å². The summed E-state index contributed by atoms with van der Waals surface area (Å²) in [5.41, 5.74) is 2.02. The molecule has 1 atom stereocenters. The first kappa shape index (κ1) is 15.7. The topological polar surface area (TPSA) is 71.8 Å². The Hall–Kier alpha value is -1.86. The van der Waals surface area contributed by atoms with Crippen molar-refractivity contribution in [1.29, 1.82) is 0 Å². The molecule has 0 bridgehead atoms. The van der Waals surface area contributed by atoms with E-state index in [9.17, 15) is 4.79 Å². The third kappa shape index (κ3) is 3.18. The molecule has 0 aromatic carbocycles. The van der Waals surface area contributed by atoms with Crippen molar-refractivity contribution in [3.8, 4) is 10.8 Å². The van der Waals surface area contributed by atoms with Crippen molar-refractivity contribution in [1.82, 2.24) is 15.2 Å². The Morgan fingerprint density at radius 2 is 2.42 bits per heavy atom. The molecule has 3 aromatic heterocycles. The number of carbonyl (C=O) groups is 1. The van der Waals surface area contributed by atoms with Crippen LogP contribution in [-0.4, -0.2) is 26.7 Å². The predicted molar refractivity (Wildman–Crippen MR) is 94.6 cm³/mol. The van der Waals surface area contributed by atoms with Gasteiger partial charge in [-0.25, -0.2) is 0 Å². The lowest BCUT2D eigenvalue weighted by Crippen LogP contribution is -2.07. The molecule has 24 heavy (non-hydrogen) atoms. The van der Waals surface area contributed by atoms with E-state index < -0.39 is 0 Å². The summed E-state index contributed by atoms with van der Waals surface area (Å²) in [6.07, 6.45) is 5.26. The average Bonchev–Trinajstić information content (AvgIpc) is 3.30. The molecule has 5 nitrogen and oxygen atoms in total. The van der Waals surface area contributed by atoms with Crippen LogP contribution >= 0.6 is 23.1 Å². The van der Waals surface area contributed by atoms with Crippen LogP contribution in [0.1, 0.15) is 34.3 Å². The highest BCUT2D eigenvalue weighted by molar-refractivity contribution is 7.99. The summed E-state index contributed by atoms with van der Waals surface area (Å²) in [7, 11) is 0. The Balaban J connectivity index is 1.44. The maximum atomic E-state index is 12.0. The fourth-order valence-electron chi connectivity index (χ4n) is 2.89. The number of rotatable bonds is 5. The second kappa shape index (κ2) is 6.57. The molecule has 0 aliphatic heterocycles. The number of fused-ring (bicyclic) bond motifs is 1. The van der Waals surface area contributed by atoms with Gasteiger partial charge in [0.15, 0.2) is 5.78 Å². The number of nitrogens with zero attached hydrogens (tertiary/aromatic N) is 2. The number of H-pyrrole nitrogens is 1. The van der Waals surface area contributed by atoms with Gasteiger partial charge in [0.25, 0.3) is 11.1 Å². The summed E-state index contributed by atoms with van der Waals surface area (Å²) >= 11 is 3.02. The van der Waals surface area contributed by atoms with Crippen LogP contribution in [-0.2, 0) is 12.8 Å². The van der Waals surface area contributed by atoms with Crippen LogP contribution in [0, 0.1) is 5.92 Å². The van der Waals surface area contributed by atoms with Crippen molar-refractivity contribution in [3.05, 3.63) is 40.5 Å². The lowest BCUT2D eigenvalue weighted by Gasteiger charge is -2.16. The third-order valence-electron chi connectivity index (χ3n) is 4.17. The van der Waals surface area contributed by atoms with Gasteiger partial charge < -0.3 is 9.40 Å². The van der Waals surface area contributed by atoms with Gasteiger partial charge in [0.05, 0.1) is 16.3 Å². The number of carbonyl (C=O) groups excluding carboxylic acids is 1. The van der Waals surface area contributed by atoms with E-state index in [1.807, 2.05) is 6.07 Å². The Morgan fingerprint density at radius 3 is 3.25 bits per heavy atom. The van der Waals surface area contributed by atoms with Gasteiger partial charge in [0, 0.05) is 11.1 Å². The minimum atomic E-state index is 0.0188. The standard InChI is InChI=1S/C17H17N3O2S2/c1-10-4-5-14-11(7-10)8-15(24-14)16-19-20-17(22-16)23-9-13(21)12-3-2-6-18-12/h2-3,6,8,10,18H,4-5,7,9H2,1H3/t10-/m1/s1. The summed E-state index contributed by atoms with van der Waals surface area (Å²) in [4.78, 5) is 17.4. The SMILES string of the molecule is C[C@@H]1CCc2sc(-c3nnc(SCC(=O)c4ccc[nH]4)o3)cc2C1. The van der Waals surface area contributed by atoms with E-state index in [4.69, 9.17) is 4.42 Å². The molecule has 1 aliphatic carbocycles. The lowest BCUT2D eigenvalue weighted by molar-refractivity contribution is 0.101. The fraction of sp³-hybridized carbons (Fsp3) is 0.353. The van der Waals surface area contributed by atoms with E-state index in [1.54, 1.807) is 23.6 Å². The number of nitrogens with one attached hydrogen (secondary N) is 1. The van der Waals surface area contributed by atoms with E-state index in [-0.39, 0.29) is 11.5 Å². The highest BCUT2D eigenvalue weighted by Gasteiger charge is 2.21. The molecule has 4 rings (SSSR count). The van der Waals surface area contributed by atoms with E-state index in [1.165, 1.54) is 28.6 Å². The number of aromatic nitrogens is 3. The van der Waals surface area contributed by atoms with Crippen molar-refractivity contribution in [2.24, 2.45) is 5.92 Å². The van der Waals surface area contributed by atoms with Crippen molar-refractivity contribution in [3.63, 3.8) is 0 Å². The van der Waals surface area contributed by atoms with Crippen molar-refractivity contribution in [2.45, 2.75) is 31.4 Å².